The highest BCUT2D eigenvalue weighted by atomic mass is 79.9. The summed E-state index contributed by atoms with van der Waals surface area (Å²) in [6.07, 6.45) is 0. The number of carbonyl (C=O) groups excluding carboxylic acids is 1. The van der Waals surface area contributed by atoms with Crippen molar-refractivity contribution < 1.29 is 9.72 Å². The van der Waals surface area contributed by atoms with Gasteiger partial charge in [-0.05, 0) is 24.6 Å². The Morgan fingerprint density at radius 2 is 1.95 bits per heavy atom. The third-order valence-corrected chi connectivity index (χ3v) is 3.45. The molecule has 1 amide bonds. The van der Waals surface area contributed by atoms with Gasteiger partial charge in [-0.2, -0.15) is 0 Å². The lowest BCUT2D eigenvalue weighted by molar-refractivity contribution is -0.384. The van der Waals surface area contributed by atoms with Crippen molar-refractivity contribution in [3.05, 3.63) is 69.8 Å². The first kappa shape index (κ1) is 15.2. The molecule has 6 heteroatoms. The second-order valence-corrected chi connectivity index (χ2v) is 5.84. The summed E-state index contributed by atoms with van der Waals surface area (Å²) in [6.45, 7) is 1.96. The number of nitro groups is 1. The number of para-hydroxylation sites is 1. The van der Waals surface area contributed by atoms with Gasteiger partial charge in [0, 0.05) is 28.2 Å². The number of nitro benzene ring substituents is 1. The van der Waals surface area contributed by atoms with E-state index >= 15 is 0 Å². The summed E-state index contributed by atoms with van der Waals surface area (Å²) in [5, 5.41) is 13.5. The molecule has 1 atom stereocenters. The molecular weight excluding hydrogens is 336 g/mol. The van der Waals surface area contributed by atoms with Crippen LogP contribution in [0.5, 0.6) is 0 Å². The maximum Gasteiger partial charge on any atom is 0.270 e. The fourth-order valence-corrected chi connectivity index (χ4v) is 2.31. The maximum absolute atomic E-state index is 12.2. The van der Waals surface area contributed by atoms with Gasteiger partial charge in [-0.1, -0.05) is 40.2 Å². The molecule has 5 nitrogen and oxygen atoms in total. The minimum absolute atomic E-state index is 0.0825. The number of halogens is 1. The molecule has 0 radical (unpaired) electrons. The molecule has 2 aromatic carbocycles. The Morgan fingerprint density at radius 1 is 1.24 bits per heavy atom. The predicted molar refractivity (Wildman–Crippen MR) is 84.8 cm³/mol. The van der Waals surface area contributed by atoms with E-state index in [1.54, 1.807) is 12.1 Å². The van der Waals surface area contributed by atoms with E-state index in [1.165, 1.54) is 18.2 Å². The lowest BCUT2D eigenvalue weighted by atomic mass is 10.1. The molecule has 0 saturated carbocycles. The molecule has 0 spiro atoms. The molecule has 0 aliphatic rings. The van der Waals surface area contributed by atoms with Crippen LogP contribution in [0, 0.1) is 10.1 Å². The Kier molecular flexibility index (Phi) is 4.70. The Hall–Kier alpha value is -2.21. The molecule has 21 heavy (non-hydrogen) atoms. The number of non-ortho nitro benzene ring substituents is 1. The Balaban J connectivity index is 2.26. The number of benzene rings is 2. The van der Waals surface area contributed by atoms with Gasteiger partial charge in [0.05, 0.1) is 4.92 Å². The molecule has 0 fully saturated rings. The summed E-state index contributed by atoms with van der Waals surface area (Å²) in [5.74, 6) is -0.376. The van der Waals surface area contributed by atoms with Crippen LogP contribution in [0.15, 0.2) is 48.5 Å². The lowest BCUT2D eigenvalue weighted by Gasteiger charge is -2.12. The van der Waals surface area contributed by atoms with Crippen molar-refractivity contribution in [2.24, 2.45) is 0 Å². The van der Waals surface area contributed by atoms with Gasteiger partial charge in [0.15, 0.2) is 0 Å². The first-order valence-electron chi connectivity index (χ1n) is 6.28. The average molecular weight is 349 g/mol. The normalized spacial score (nSPS) is 11.7. The smallest absolute Gasteiger partial charge is 0.270 e. The van der Waals surface area contributed by atoms with Crippen LogP contribution in [-0.2, 0) is 0 Å². The number of rotatable bonds is 4. The Bertz CT molecular complexity index is 686. The SMILES string of the molecule is CC(Br)c1ccccc1NC(=O)c1cccc([N+](=O)[O-])c1. The van der Waals surface area contributed by atoms with E-state index in [1.807, 2.05) is 25.1 Å². The van der Waals surface area contributed by atoms with Gasteiger partial charge in [-0.25, -0.2) is 0 Å². The maximum atomic E-state index is 12.2. The Morgan fingerprint density at radius 3 is 2.62 bits per heavy atom. The number of hydrogen-bond donors (Lipinski definition) is 1. The Labute approximate surface area is 130 Å². The summed E-state index contributed by atoms with van der Waals surface area (Å²) < 4.78 is 0. The molecule has 0 heterocycles. The molecule has 0 saturated heterocycles. The largest absolute Gasteiger partial charge is 0.322 e. The number of carbonyl (C=O) groups is 1. The van der Waals surface area contributed by atoms with Crippen molar-refractivity contribution in [3.8, 4) is 0 Å². The number of anilines is 1. The van der Waals surface area contributed by atoms with Gasteiger partial charge in [0.1, 0.15) is 0 Å². The van der Waals surface area contributed by atoms with Crippen LogP contribution in [0.4, 0.5) is 11.4 Å². The molecule has 1 N–H and O–H groups in total. The molecule has 0 aromatic heterocycles. The van der Waals surface area contributed by atoms with E-state index in [2.05, 4.69) is 21.2 Å². The van der Waals surface area contributed by atoms with Crippen LogP contribution < -0.4 is 5.32 Å². The molecule has 108 valence electrons. The van der Waals surface area contributed by atoms with Gasteiger partial charge in [0.25, 0.3) is 11.6 Å². The average Bonchev–Trinajstić information content (AvgIpc) is 2.47. The van der Waals surface area contributed by atoms with E-state index in [0.29, 0.717) is 5.69 Å². The van der Waals surface area contributed by atoms with Crippen molar-refractivity contribution in [3.63, 3.8) is 0 Å². The number of amides is 1. The zero-order chi connectivity index (χ0) is 15.4. The minimum Gasteiger partial charge on any atom is -0.322 e. The van der Waals surface area contributed by atoms with Crippen molar-refractivity contribution >= 4 is 33.2 Å². The second-order valence-electron chi connectivity index (χ2n) is 4.46. The van der Waals surface area contributed by atoms with Crippen LogP contribution in [0.1, 0.15) is 27.7 Å². The zero-order valence-electron chi connectivity index (χ0n) is 11.2. The van der Waals surface area contributed by atoms with Gasteiger partial charge in [-0.15, -0.1) is 0 Å². The van der Waals surface area contributed by atoms with Crippen LogP contribution in [0.2, 0.25) is 0 Å². The first-order valence-corrected chi connectivity index (χ1v) is 7.19. The van der Waals surface area contributed by atoms with E-state index in [9.17, 15) is 14.9 Å². The summed E-state index contributed by atoms with van der Waals surface area (Å²) >= 11 is 3.47. The summed E-state index contributed by atoms with van der Waals surface area (Å²) in [6, 6.07) is 13.1. The van der Waals surface area contributed by atoms with E-state index in [-0.39, 0.29) is 22.0 Å². The van der Waals surface area contributed by atoms with Crippen LogP contribution in [0.3, 0.4) is 0 Å². The van der Waals surface area contributed by atoms with Gasteiger partial charge < -0.3 is 5.32 Å². The fraction of sp³-hybridized carbons (Fsp3) is 0.133. The van der Waals surface area contributed by atoms with Crippen molar-refractivity contribution in [2.45, 2.75) is 11.8 Å². The van der Waals surface area contributed by atoms with Gasteiger partial charge >= 0.3 is 0 Å². The third-order valence-electron chi connectivity index (χ3n) is 2.96. The summed E-state index contributed by atoms with van der Waals surface area (Å²) in [7, 11) is 0. The number of alkyl halides is 1. The zero-order valence-corrected chi connectivity index (χ0v) is 12.8. The quantitative estimate of drug-likeness (QED) is 0.508. The van der Waals surface area contributed by atoms with Crippen LogP contribution >= 0.6 is 15.9 Å². The van der Waals surface area contributed by atoms with Gasteiger partial charge in [0.2, 0.25) is 0 Å². The van der Waals surface area contributed by atoms with Crippen LogP contribution in [0.25, 0.3) is 0 Å². The van der Waals surface area contributed by atoms with E-state index in [4.69, 9.17) is 0 Å². The molecular formula is C15H13BrN2O3. The standard InChI is InChI=1S/C15H13BrN2O3/c1-10(16)13-7-2-3-8-14(13)17-15(19)11-5-4-6-12(9-11)18(20)21/h2-10H,1H3,(H,17,19). The minimum atomic E-state index is -0.523. The predicted octanol–water partition coefficient (Wildman–Crippen LogP) is 4.30. The highest BCUT2D eigenvalue weighted by molar-refractivity contribution is 9.09. The van der Waals surface area contributed by atoms with Crippen LogP contribution in [-0.4, -0.2) is 10.8 Å². The van der Waals surface area contributed by atoms with E-state index in [0.717, 1.165) is 5.56 Å². The van der Waals surface area contributed by atoms with Crippen molar-refractivity contribution in [2.75, 3.05) is 5.32 Å². The number of nitrogens with one attached hydrogen (secondary N) is 1. The van der Waals surface area contributed by atoms with Crippen molar-refractivity contribution in [1.82, 2.24) is 0 Å². The van der Waals surface area contributed by atoms with E-state index < -0.39 is 4.92 Å². The summed E-state index contributed by atoms with van der Waals surface area (Å²) in [5.41, 5.74) is 1.76. The molecule has 0 aliphatic carbocycles. The summed E-state index contributed by atoms with van der Waals surface area (Å²) in [4.78, 5) is 22.5. The number of nitrogens with zero attached hydrogens (tertiary/aromatic N) is 1. The molecule has 0 bridgehead atoms. The topological polar surface area (TPSA) is 72.2 Å². The number of hydrogen-bond acceptors (Lipinski definition) is 3. The lowest BCUT2D eigenvalue weighted by Crippen LogP contribution is -2.13. The first-order chi connectivity index (χ1) is 9.99. The molecule has 1 unspecified atom stereocenters. The second kappa shape index (κ2) is 6.49. The fourth-order valence-electron chi connectivity index (χ4n) is 1.91. The molecule has 2 rings (SSSR count). The third kappa shape index (κ3) is 3.66. The monoisotopic (exact) mass is 348 g/mol. The van der Waals surface area contributed by atoms with Gasteiger partial charge in [-0.3, -0.25) is 14.9 Å². The highest BCUT2D eigenvalue weighted by Gasteiger charge is 2.14. The molecule has 0 aliphatic heterocycles. The highest BCUT2D eigenvalue weighted by Crippen LogP contribution is 2.29. The van der Waals surface area contributed by atoms with Crippen molar-refractivity contribution in [1.29, 1.82) is 0 Å². The molecule has 2 aromatic rings.